The van der Waals surface area contributed by atoms with E-state index in [1.807, 2.05) is 30.3 Å². The summed E-state index contributed by atoms with van der Waals surface area (Å²) in [4.78, 5) is 27.3. The highest BCUT2D eigenvalue weighted by Gasteiger charge is 2.28. The number of hydrogen-bond acceptors (Lipinski definition) is 4. The minimum absolute atomic E-state index is 0.0290. The molecule has 1 N–H and O–H groups in total. The van der Waals surface area contributed by atoms with Gasteiger partial charge >= 0.3 is 0 Å². The van der Waals surface area contributed by atoms with Crippen LogP contribution in [0.4, 0.5) is 11.4 Å². The minimum Gasteiger partial charge on any atom is -0.494 e. The molecule has 2 aromatic carbocycles. The van der Waals surface area contributed by atoms with Crippen LogP contribution in [0.15, 0.2) is 42.5 Å². The summed E-state index contributed by atoms with van der Waals surface area (Å²) in [6.07, 6.45) is 9.58. The number of hydrogen-bond donors (Lipinski definition) is 1. The van der Waals surface area contributed by atoms with E-state index in [1.54, 1.807) is 17.0 Å². The van der Waals surface area contributed by atoms with E-state index in [0.29, 0.717) is 35.3 Å². The molecule has 0 atom stereocenters. The van der Waals surface area contributed by atoms with Crippen LogP contribution in [-0.4, -0.2) is 31.6 Å². The van der Waals surface area contributed by atoms with E-state index in [1.165, 1.54) is 19.3 Å². The molecule has 4 rings (SSSR count). The Hall–Kier alpha value is -2.73. The van der Waals surface area contributed by atoms with Crippen LogP contribution in [0, 0.1) is 11.8 Å². The fraction of sp³-hybridized carbons (Fsp3) is 0.517. The number of amides is 2. The molecule has 1 heterocycles. The molecule has 2 amide bonds. The first kappa shape index (κ1) is 26.3. The van der Waals surface area contributed by atoms with Crippen molar-refractivity contribution in [3.05, 3.63) is 47.5 Å². The van der Waals surface area contributed by atoms with E-state index in [4.69, 9.17) is 21.1 Å². The molecule has 1 aliphatic carbocycles. The van der Waals surface area contributed by atoms with Gasteiger partial charge in [0.25, 0.3) is 5.91 Å². The van der Waals surface area contributed by atoms with E-state index in [-0.39, 0.29) is 24.3 Å². The second-order valence-corrected chi connectivity index (χ2v) is 10.3. The second kappa shape index (κ2) is 13.0. The summed E-state index contributed by atoms with van der Waals surface area (Å²) in [5.74, 6) is 2.29. The lowest BCUT2D eigenvalue weighted by Gasteiger charge is -2.30. The summed E-state index contributed by atoms with van der Waals surface area (Å²) in [6, 6.07) is 12.9. The van der Waals surface area contributed by atoms with E-state index in [9.17, 15) is 9.59 Å². The van der Waals surface area contributed by atoms with Gasteiger partial charge in [0.2, 0.25) is 5.91 Å². The molecule has 0 spiro atoms. The van der Waals surface area contributed by atoms with Crippen molar-refractivity contribution in [3.8, 4) is 11.5 Å². The number of ether oxygens (including phenoxy) is 2. The maximum absolute atomic E-state index is 12.9. The third-order valence-electron chi connectivity index (χ3n) is 7.21. The Kier molecular flexibility index (Phi) is 9.51. The Morgan fingerprint density at radius 1 is 1.08 bits per heavy atom. The van der Waals surface area contributed by atoms with Gasteiger partial charge in [-0.15, -0.1) is 0 Å². The zero-order valence-electron chi connectivity index (χ0n) is 21.1. The second-order valence-electron chi connectivity index (χ2n) is 9.88. The molecule has 0 unspecified atom stereocenters. The zero-order valence-corrected chi connectivity index (χ0v) is 21.9. The molecular weight excluding hydrogens is 476 g/mol. The van der Waals surface area contributed by atoms with Gasteiger partial charge in [-0.1, -0.05) is 37.8 Å². The molecule has 36 heavy (non-hydrogen) atoms. The van der Waals surface area contributed by atoms with Crippen LogP contribution in [0.25, 0.3) is 0 Å². The lowest BCUT2D eigenvalue weighted by atomic mass is 9.79. The number of rotatable bonds is 11. The molecule has 0 bridgehead atoms. The Morgan fingerprint density at radius 2 is 1.86 bits per heavy atom. The van der Waals surface area contributed by atoms with Gasteiger partial charge in [0.1, 0.15) is 11.5 Å². The van der Waals surface area contributed by atoms with Crippen molar-refractivity contribution in [2.45, 2.75) is 64.7 Å². The summed E-state index contributed by atoms with van der Waals surface area (Å²) in [7, 11) is 0. The first-order chi connectivity index (χ1) is 17.5. The van der Waals surface area contributed by atoms with Crippen molar-refractivity contribution < 1.29 is 19.1 Å². The maximum atomic E-state index is 12.9. The number of fused-ring (bicyclic) bond motifs is 1. The average molecular weight is 513 g/mol. The van der Waals surface area contributed by atoms with Crippen molar-refractivity contribution in [2.24, 2.45) is 11.8 Å². The maximum Gasteiger partial charge on any atom is 0.265 e. The van der Waals surface area contributed by atoms with Crippen molar-refractivity contribution in [3.63, 3.8) is 0 Å². The van der Waals surface area contributed by atoms with E-state index < -0.39 is 0 Å². The van der Waals surface area contributed by atoms with Gasteiger partial charge in [0.15, 0.2) is 6.61 Å². The zero-order chi connectivity index (χ0) is 25.3. The third kappa shape index (κ3) is 7.16. The highest BCUT2D eigenvalue weighted by molar-refractivity contribution is 6.30. The van der Waals surface area contributed by atoms with Gasteiger partial charge in [-0.05, 0) is 86.9 Å². The summed E-state index contributed by atoms with van der Waals surface area (Å²) >= 11 is 5.91. The molecule has 6 nitrogen and oxygen atoms in total. The van der Waals surface area contributed by atoms with E-state index >= 15 is 0 Å². The summed E-state index contributed by atoms with van der Waals surface area (Å²) in [6.45, 7) is 3.39. The largest absolute Gasteiger partial charge is 0.494 e. The van der Waals surface area contributed by atoms with Gasteiger partial charge in [-0.3, -0.25) is 9.59 Å². The van der Waals surface area contributed by atoms with Gasteiger partial charge < -0.3 is 19.7 Å². The number of benzene rings is 2. The van der Waals surface area contributed by atoms with Gasteiger partial charge in [-0.25, -0.2) is 0 Å². The van der Waals surface area contributed by atoms with Gasteiger partial charge in [-0.2, -0.15) is 0 Å². The molecule has 0 radical (unpaired) electrons. The monoisotopic (exact) mass is 512 g/mol. The fourth-order valence-electron chi connectivity index (χ4n) is 5.07. The smallest absolute Gasteiger partial charge is 0.265 e. The molecule has 1 fully saturated rings. The van der Waals surface area contributed by atoms with E-state index in [0.717, 1.165) is 50.2 Å². The number of carbonyl (C=O) groups is 2. The van der Waals surface area contributed by atoms with Crippen molar-refractivity contribution in [2.75, 3.05) is 30.0 Å². The van der Waals surface area contributed by atoms with Crippen molar-refractivity contribution in [1.29, 1.82) is 0 Å². The first-order valence-electron chi connectivity index (χ1n) is 13.3. The van der Waals surface area contributed by atoms with Crippen molar-refractivity contribution in [1.82, 2.24) is 0 Å². The lowest BCUT2D eigenvalue weighted by Crippen LogP contribution is -2.39. The normalized spacial score (nSPS) is 19.4. The summed E-state index contributed by atoms with van der Waals surface area (Å²) in [5.41, 5.74) is 1.42. The number of carbonyl (C=O) groups excluding carboxylic acids is 2. The molecule has 1 aliphatic heterocycles. The predicted octanol–water partition coefficient (Wildman–Crippen LogP) is 6.86. The Bertz CT molecular complexity index is 1020. The number of anilines is 2. The van der Waals surface area contributed by atoms with Crippen LogP contribution in [0.2, 0.25) is 5.02 Å². The summed E-state index contributed by atoms with van der Waals surface area (Å²) in [5, 5.41) is 3.77. The quantitative estimate of drug-likeness (QED) is 0.334. The van der Waals surface area contributed by atoms with Gasteiger partial charge in [0.05, 0.1) is 12.3 Å². The predicted molar refractivity (Wildman–Crippen MR) is 144 cm³/mol. The Morgan fingerprint density at radius 3 is 2.61 bits per heavy atom. The highest BCUT2D eigenvalue weighted by Crippen LogP contribution is 2.36. The molecule has 0 saturated heterocycles. The number of halogens is 1. The average Bonchev–Trinajstić information content (AvgIpc) is 2.89. The van der Waals surface area contributed by atoms with Crippen LogP contribution >= 0.6 is 11.6 Å². The number of unbranched alkanes of at least 4 members (excludes halogenated alkanes) is 2. The summed E-state index contributed by atoms with van der Waals surface area (Å²) < 4.78 is 11.4. The molecule has 0 aromatic heterocycles. The van der Waals surface area contributed by atoms with Gasteiger partial charge in [0, 0.05) is 23.2 Å². The van der Waals surface area contributed by atoms with Crippen LogP contribution in [-0.2, 0) is 9.59 Å². The first-order valence-corrected chi connectivity index (χ1v) is 13.7. The Labute approximate surface area is 219 Å². The van der Waals surface area contributed by atoms with Crippen LogP contribution in [0.1, 0.15) is 64.7 Å². The fourth-order valence-corrected chi connectivity index (χ4v) is 5.19. The van der Waals surface area contributed by atoms with Crippen molar-refractivity contribution >= 4 is 34.8 Å². The van der Waals surface area contributed by atoms with E-state index in [2.05, 4.69) is 12.2 Å². The molecule has 7 heteroatoms. The van der Waals surface area contributed by atoms with Crippen LogP contribution in [0.5, 0.6) is 11.5 Å². The lowest BCUT2D eigenvalue weighted by molar-refractivity contribution is -0.121. The molecular formula is C29H37ClN2O4. The van der Waals surface area contributed by atoms with Crippen LogP contribution in [0.3, 0.4) is 0 Å². The third-order valence-corrected chi connectivity index (χ3v) is 7.46. The Balaban J connectivity index is 1.29. The molecule has 1 saturated carbocycles. The number of nitrogens with one attached hydrogen (secondary N) is 1. The molecule has 2 aliphatic rings. The SMILES string of the molecule is CCCCC1CCC(C(=O)Nc2ccc3c(c2)N(CCCCOc2ccc(Cl)cc2)C(=O)CO3)CC1. The molecule has 2 aromatic rings. The molecule has 194 valence electrons. The topological polar surface area (TPSA) is 67.9 Å². The van der Waals surface area contributed by atoms with Crippen LogP contribution < -0.4 is 19.7 Å². The number of nitrogens with zero attached hydrogens (tertiary/aromatic N) is 1. The highest BCUT2D eigenvalue weighted by atomic mass is 35.5. The minimum atomic E-state index is -0.0741. The standard InChI is InChI=1S/C29H37ClN2O4/c1-2-3-6-21-7-9-22(10-8-21)29(34)31-24-13-16-27-26(19-24)32(28(33)20-36-27)17-4-5-18-35-25-14-11-23(30)12-15-25/h11-16,19,21-22H,2-10,17-18,20H2,1H3,(H,31,34).